The molecule has 0 bridgehead atoms. The lowest BCUT2D eigenvalue weighted by Gasteiger charge is -1.99. The van der Waals surface area contributed by atoms with Crippen molar-refractivity contribution in [2.45, 2.75) is 6.92 Å². The van der Waals surface area contributed by atoms with Gasteiger partial charge in [0.25, 0.3) is 5.56 Å². The molecule has 0 saturated carbocycles. The van der Waals surface area contributed by atoms with E-state index in [-0.39, 0.29) is 16.0 Å². The summed E-state index contributed by atoms with van der Waals surface area (Å²) in [6, 6.07) is 8.82. The molecule has 0 saturated heterocycles. The first kappa shape index (κ1) is 12.9. The van der Waals surface area contributed by atoms with Crippen molar-refractivity contribution in [3.05, 3.63) is 56.2 Å². The third-order valence-electron chi connectivity index (χ3n) is 2.38. The van der Waals surface area contributed by atoms with E-state index in [0.717, 1.165) is 10.2 Å². The maximum absolute atomic E-state index is 11.8. The number of hydrogen-bond donors (Lipinski definition) is 1. The summed E-state index contributed by atoms with van der Waals surface area (Å²) in [7, 11) is 0. The number of nitrogens with one attached hydrogen (secondary N) is 1. The summed E-state index contributed by atoms with van der Waals surface area (Å²) in [6.45, 7) is 1.57. The molecule has 0 fully saturated rings. The van der Waals surface area contributed by atoms with Crippen molar-refractivity contribution in [3.63, 3.8) is 0 Å². The van der Waals surface area contributed by atoms with E-state index < -0.39 is 0 Å². The zero-order valence-corrected chi connectivity index (χ0v) is 10.8. The molecular weight excluding hydrogens is 262 g/mol. The third-order valence-corrected chi connectivity index (χ3v) is 2.64. The number of aromatic amines is 1. The van der Waals surface area contributed by atoms with Crippen molar-refractivity contribution in [1.82, 2.24) is 14.9 Å². The number of H-pyrrole nitrogens is 1. The number of hydrogen-bond acceptors (Lipinski definition) is 5. The number of aromatic nitrogens is 3. The molecule has 1 aromatic carbocycles. The van der Waals surface area contributed by atoms with Crippen molar-refractivity contribution in [3.8, 4) is 6.07 Å². The quantitative estimate of drug-likeness (QED) is 0.660. The van der Waals surface area contributed by atoms with E-state index in [2.05, 4.69) is 15.3 Å². The van der Waals surface area contributed by atoms with Gasteiger partial charge in [-0.15, -0.1) is 0 Å². The smallest absolute Gasteiger partial charge is 0.265 e. The summed E-state index contributed by atoms with van der Waals surface area (Å²) in [5.74, 6) is 0. The maximum atomic E-state index is 11.8. The second-order valence-corrected chi connectivity index (χ2v) is 4.10. The molecule has 0 aliphatic carbocycles. The van der Waals surface area contributed by atoms with E-state index >= 15 is 0 Å². The minimum Gasteiger partial charge on any atom is -0.265 e. The first-order valence-electron chi connectivity index (χ1n) is 5.34. The molecule has 1 N–H and O–H groups in total. The van der Waals surface area contributed by atoms with Gasteiger partial charge in [-0.25, -0.2) is 0 Å². The van der Waals surface area contributed by atoms with Crippen LogP contribution in [0.25, 0.3) is 0 Å². The molecule has 7 heteroatoms. The molecule has 2 rings (SSSR count). The van der Waals surface area contributed by atoms with Crippen LogP contribution in [-0.4, -0.2) is 21.1 Å². The van der Waals surface area contributed by atoms with Gasteiger partial charge in [-0.3, -0.25) is 9.89 Å². The summed E-state index contributed by atoms with van der Waals surface area (Å²) in [5, 5.41) is 19.0. The van der Waals surface area contributed by atoms with Gasteiger partial charge in [-0.05, 0) is 36.8 Å². The topological polar surface area (TPSA) is 86.8 Å². The van der Waals surface area contributed by atoms with Crippen molar-refractivity contribution < 1.29 is 0 Å². The van der Waals surface area contributed by atoms with Crippen molar-refractivity contribution in [1.29, 1.82) is 5.26 Å². The van der Waals surface area contributed by atoms with Gasteiger partial charge in [0.1, 0.15) is 5.69 Å². The molecule has 0 unspecified atom stereocenters. The summed E-state index contributed by atoms with van der Waals surface area (Å²) in [6.07, 6.45) is 1.49. The first-order valence-corrected chi connectivity index (χ1v) is 5.75. The molecule has 6 nitrogen and oxygen atoms in total. The Bertz CT molecular complexity index is 779. The van der Waals surface area contributed by atoms with Crippen LogP contribution in [0, 0.1) is 23.0 Å². The standard InChI is InChI=1S/C12H9N5OS/c1-8-11(18)17(12(19)16-15-8)14-7-10-4-2-9(6-13)3-5-10/h2-5,7H,1H3,(H,16,19). The lowest BCUT2D eigenvalue weighted by Crippen LogP contribution is -2.22. The molecule has 0 aliphatic heterocycles. The van der Waals surface area contributed by atoms with Gasteiger partial charge in [-0.2, -0.15) is 20.1 Å². The number of benzene rings is 1. The highest BCUT2D eigenvalue weighted by molar-refractivity contribution is 7.71. The van der Waals surface area contributed by atoms with Crippen LogP contribution in [0.4, 0.5) is 0 Å². The zero-order valence-electron chi connectivity index (χ0n) is 9.99. The predicted octanol–water partition coefficient (Wildman–Crippen LogP) is 1.36. The van der Waals surface area contributed by atoms with Gasteiger partial charge < -0.3 is 0 Å². The molecule has 2 aromatic rings. The van der Waals surface area contributed by atoms with Crippen LogP contribution in [0.5, 0.6) is 0 Å². The highest BCUT2D eigenvalue weighted by atomic mass is 32.1. The SMILES string of the molecule is Cc1n[nH]c(=S)n(N=Cc2ccc(C#N)cc2)c1=O. The second kappa shape index (κ2) is 5.37. The Kier molecular flexibility index (Phi) is 3.63. The van der Waals surface area contributed by atoms with Gasteiger partial charge in [0.2, 0.25) is 4.77 Å². The van der Waals surface area contributed by atoms with Crippen LogP contribution in [0.3, 0.4) is 0 Å². The van der Waals surface area contributed by atoms with E-state index in [1.54, 1.807) is 31.2 Å². The number of nitriles is 1. The number of aryl methyl sites for hydroxylation is 1. The Morgan fingerprint density at radius 2 is 2.16 bits per heavy atom. The third kappa shape index (κ3) is 2.81. The molecule has 0 radical (unpaired) electrons. The summed E-state index contributed by atoms with van der Waals surface area (Å²) in [4.78, 5) is 11.8. The molecular formula is C12H9N5OS. The van der Waals surface area contributed by atoms with Crippen molar-refractivity contribution in [2.75, 3.05) is 0 Å². The molecule has 94 valence electrons. The van der Waals surface area contributed by atoms with Gasteiger partial charge in [0.05, 0.1) is 17.8 Å². The molecule has 0 spiro atoms. The van der Waals surface area contributed by atoms with E-state index in [0.29, 0.717) is 5.56 Å². The number of rotatable bonds is 2. The van der Waals surface area contributed by atoms with E-state index in [9.17, 15) is 4.79 Å². The average Bonchev–Trinajstić information content (AvgIpc) is 2.44. The summed E-state index contributed by atoms with van der Waals surface area (Å²) >= 11 is 4.94. The molecule has 19 heavy (non-hydrogen) atoms. The zero-order chi connectivity index (χ0) is 13.8. The Hall–Kier alpha value is -2.59. The Morgan fingerprint density at radius 1 is 1.47 bits per heavy atom. The minimum absolute atomic E-state index is 0.125. The molecule has 1 heterocycles. The number of nitrogens with zero attached hydrogens (tertiary/aromatic N) is 4. The normalized spacial score (nSPS) is 10.5. The second-order valence-electron chi connectivity index (χ2n) is 3.71. The van der Waals surface area contributed by atoms with Crippen LogP contribution in [0.1, 0.15) is 16.8 Å². The monoisotopic (exact) mass is 271 g/mol. The first-order chi connectivity index (χ1) is 9.11. The Balaban J connectivity index is 2.38. The van der Waals surface area contributed by atoms with Gasteiger partial charge in [0.15, 0.2) is 0 Å². The summed E-state index contributed by atoms with van der Waals surface area (Å²) < 4.78 is 1.19. The fraction of sp³-hybridized carbons (Fsp3) is 0.0833. The fourth-order valence-electron chi connectivity index (χ4n) is 1.35. The maximum Gasteiger partial charge on any atom is 0.296 e. The molecule has 0 aliphatic rings. The highest BCUT2D eigenvalue weighted by Gasteiger charge is 2.00. The van der Waals surface area contributed by atoms with Gasteiger partial charge in [-0.1, -0.05) is 12.1 Å². The van der Waals surface area contributed by atoms with E-state index in [4.69, 9.17) is 17.5 Å². The van der Waals surface area contributed by atoms with Crippen LogP contribution >= 0.6 is 12.2 Å². The lowest BCUT2D eigenvalue weighted by molar-refractivity contribution is 0.720. The largest absolute Gasteiger partial charge is 0.296 e. The van der Waals surface area contributed by atoms with Crippen LogP contribution in [0.15, 0.2) is 34.2 Å². The van der Waals surface area contributed by atoms with Crippen LogP contribution < -0.4 is 5.56 Å². The fourth-order valence-corrected chi connectivity index (χ4v) is 1.52. The average molecular weight is 271 g/mol. The van der Waals surface area contributed by atoms with E-state index in [1.165, 1.54) is 6.21 Å². The highest BCUT2D eigenvalue weighted by Crippen LogP contribution is 2.00. The lowest BCUT2D eigenvalue weighted by atomic mass is 10.2. The molecule has 1 aromatic heterocycles. The molecule has 0 atom stereocenters. The minimum atomic E-state index is -0.367. The van der Waals surface area contributed by atoms with Gasteiger partial charge in [0, 0.05) is 0 Å². The van der Waals surface area contributed by atoms with Gasteiger partial charge >= 0.3 is 0 Å². The Morgan fingerprint density at radius 3 is 2.79 bits per heavy atom. The predicted molar refractivity (Wildman–Crippen MR) is 72.6 cm³/mol. The molecule has 0 amide bonds. The summed E-state index contributed by atoms with van der Waals surface area (Å²) in [5.41, 5.74) is 1.24. The Labute approximate surface area is 113 Å². The van der Waals surface area contributed by atoms with Crippen LogP contribution in [-0.2, 0) is 0 Å². The van der Waals surface area contributed by atoms with E-state index in [1.807, 2.05) is 6.07 Å². The van der Waals surface area contributed by atoms with Crippen LogP contribution in [0.2, 0.25) is 0 Å². The van der Waals surface area contributed by atoms with Crippen molar-refractivity contribution in [2.24, 2.45) is 5.10 Å². The van der Waals surface area contributed by atoms with Crippen molar-refractivity contribution >= 4 is 18.4 Å².